The van der Waals surface area contributed by atoms with E-state index in [1.807, 2.05) is 31.2 Å². The molecule has 2 aromatic rings. The van der Waals surface area contributed by atoms with E-state index in [0.29, 0.717) is 11.4 Å². The molecule has 1 heterocycles. The van der Waals surface area contributed by atoms with Gasteiger partial charge in [-0.1, -0.05) is 35.0 Å². The first-order chi connectivity index (χ1) is 9.15. The molecule has 98 valence electrons. The number of ether oxygens (including phenoxy) is 1. The third-order valence-electron chi connectivity index (χ3n) is 2.78. The van der Waals surface area contributed by atoms with Gasteiger partial charge in [-0.2, -0.15) is 0 Å². The van der Waals surface area contributed by atoms with Gasteiger partial charge in [0.1, 0.15) is 0 Å². The van der Waals surface area contributed by atoms with Crippen LogP contribution in [0, 0.1) is 6.92 Å². The van der Waals surface area contributed by atoms with E-state index < -0.39 is 0 Å². The molecular weight excluding hydrogens is 242 g/mol. The zero-order valence-corrected chi connectivity index (χ0v) is 10.8. The topological polar surface area (TPSA) is 80.7 Å². The van der Waals surface area contributed by atoms with E-state index in [-0.39, 0.29) is 5.84 Å². The Hall–Kier alpha value is -2.56. The zero-order chi connectivity index (χ0) is 13.8. The summed E-state index contributed by atoms with van der Waals surface area (Å²) in [5.41, 5.74) is 8.95. The Labute approximate surface area is 111 Å². The quantitative estimate of drug-likeness (QED) is 0.382. The summed E-state index contributed by atoms with van der Waals surface area (Å²) in [5.74, 6) is 0.299. The van der Waals surface area contributed by atoms with Crippen LogP contribution in [0.4, 0.5) is 0 Å². The highest BCUT2D eigenvalue weighted by atomic mass is 16.5. The molecule has 0 aliphatic rings. The van der Waals surface area contributed by atoms with Crippen molar-refractivity contribution in [3.05, 3.63) is 47.5 Å². The highest BCUT2D eigenvalue weighted by Gasteiger charge is 2.11. The van der Waals surface area contributed by atoms with Gasteiger partial charge in [0.05, 0.1) is 18.4 Å². The Morgan fingerprint density at radius 2 is 1.89 bits per heavy atom. The minimum atomic E-state index is -0.0280. The minimum absolute atomic E-state index is 0.0280. The number of rotatable bonds is 3. The maximum Gasteiger partial charge on any atom is 0.224 e. The predicted octanol–water partition coefficient (Wildman–Crippen LogP) is 2.16. The van der Waals surface area contributed by atoms with Gasteiger partial charge in [-0.05, 0) is 19.1 Å². The van der Waals surface area contributed by atoms with Crippen molar-refractivity contribution in [3.63, 3.8) is 0 Å². The Morgan fingerprint density at radius 1 is 1.21 bits per heavy atom. The highest BCUT2D eigenvalue weighted by molar-refractivity contribution is 5.99. The minimum Gasteiger partial charge on any atom is -0.480 e. The Kier molecular flexibility index (Phi) is 3.66. The van der Waals surface area contributed by atoms with Gasteiger partial charge in [0.2, 0.25) is 5.88 Å². The maximum atomic E-state index is 8.70. The number of pyridine rings is 1. The fourth-order valence-corrected chi connectivity index (χ4v) is 1.73. The molecule has 19 heavy (non-hydrogen) atoms. The first-order valence-electron chi connectivity index (χ1n) is 5.75. The largest absolute Gasteiger partial charge is 0.480 e. The average molecular weight is 257 g/mol. The van der Waals surface area contributed by atoms with Crippen LogP contribution < -0.4 is 10.5 Å². The molecular formula is C14H15N3O2. The van der Waals surface area contributed by atoms with Gasteiger partial charge in [-0.3, -0.25) is 0 Å². The van der Waals surface area contributed by atoms with Crippen LogP contribution in [0.1, 0.15) is 11.1 Å². The second-order valence-electron chi connectivity index (χ2n) is 4.10. The third-order valence-corrected chi connectivity index (χ3v) is 2.78. The first-order valence-corrected chi connectivity index (χ1v) is 5.75. The van der Waals surface area contributed by atoms with Gasteiger partial charge in [0, 0.05) is 5.56 Å². The van der Waals surface area contributed by atoms with Gasteiger partial charge < -0.3 is 15.7 Å². The number of benzene rings is 1. The van der Waals surface area contributed by atoms with Crippen LogP contribution >= 0.6 is 0 Å². The summed E-state index contributed by atoms with van der Waals surface area (Å²) in [4.78, 5) is 4.37. The lowest BCUT2D eigenvalue weighted by molar-refractivity contribution is 0.318. The molecule has 0 fully saturated rings. The number of nitrogens with two attached hydrogens (primary N) is 1. The number of hydrogen-bond acceptors (Lipinski definition) is 4. The summed E-state index contributed by atoms with van der Waals surface area (Å²) in [6, 6.07) is 11.5. The summed E-state index contributed by atoms with van der Waals surface area (Å²) >= 11 is 0. The summed E-state index contributed by atoms with van der Waals surface area (Å²) in [6.07, 6.45) is 0. The van der Waals surface area contributed by atoms with Crippen molar-refractivity contribution in [2.45, 2.75) is 6.92 Å². The van der Waals surface area contributed by atoms with Crippen molar-refractivity contribution in [3.8, 4) is 17.1 Å². The number of hydrogen-bond donors (Lipinski definition) is 2. The first kappa shape index (κ1) is 12.9. The van der Waals surface area contributed by atoms with E-state index in [2.05, 4.69) is 10.1 Å². The highest BCUT2D eigenvalue weighted by Crippen LogP contribution is 2.23. The molecule has 0 radical (unpaired) electrons. The zero-order valence-electron chi connectivity index (χ0n) is 10.8. The molecule has 0 spiro atoms. The summed E-state index contributed by atoms with van der Waals surface area (Å²) in [6.45, 7) is 2.03. The van der Waals surface area contributed by atoms with Crippen molar-refractivity contribution >= 4 is 5.84 Å². The number of aromatic nitrogens is 1. The van der Waals surface area contributed by atoms with Gasteiger partial charge >= 0.3 is 0 Å². The van der Waals surface area contributed by atoms with Gasteiger partial charge in [0.15, 0.2) is 5.84 Å². The molecule has 0 atom stereocenters. The van der Waals surface area contributed by atoms with Crippen molar-refractivity contribution in [2.24, 2.45) is 10.9 Å². The number of methoxy groups -OCH3 is 1. The van der Waals surface area contributed by atoms with Crippen molar-refractivity contribution in [1.82, 2.24) is 4.98 Å². The second-order valence-corrected chi connectivity index (χ2v) is 4.10. The van der Waals surface area contributed by atoms with Crippen LogP contribution in [0.15, 0.2) is 41.6 Å². The summed E-state index contributed by atoms with van der Waals surface area (Å²) in [5, 5.41) is 11.7. The molecule has 0 amide bonds. The van der Waals surface area contributed by atoms with Crippen molar-refractivity contribution in [2.75, 3.05) is 7.11 Å². The summed E-state index contributed by atoms with van der Waals surface area (Å²) < 4.78 is 5.17. The molecule has 0 saturated carbocycles. The fourth-order valence-electron chi connectivity index (χ4n) is 1.73. The molecule has 0 aliphatic carbocycles. The van der Waals surface area contributed by atoms with Crippen molar-refractivity contribution in [1.29, 1.82) is 0 Å². The second kappa shape index (κ2) is 5.39. The SMILES string of the molecule is COc1nc(-c2ccc(C)cc2)ccc1/C(N)=N/O. The van der Waals surface area contributed by atoms with Crippen LogP contribution in [0.2, 0.25) is 0 Å². The van der Waals surface area contributed by atoms with Crippen LogP contribution in [0.5, 0.6) is 5.88 Å². The molecule has 3 N–H and O–H groups in total. The maximum absolute atomic E-state index is 8.70. The predicted molar refractivity (Wildman–Crippen MR) is 73.5 cm³/mol. The molecule has 0 bridgehead atoms. The molecule has 0 aliphatic heterocycles. The third kappa shape index (κ3) is 2.65. The Balaban J connectivity index is 2.47. The van der Waals surface area contributed by atoms with E-state index in [0.717, 1.165) is 11.3 Å². The lowest BCUT2D eigenvalue weighted by Crippen LogP contribution is -2.15. The van der Waals surface area contributed by atoms with Crippen LogP contribution in [-0.4, -0.2) is 23.1 Å². The smallest absolute Gasteiger partial charge is 0.224 e. The number of oxime groups is 1. The van der Waals surface area contributed by atoms with Gasteiger partial charge in [-0.25, -0.2) is 4.98 Å². The van der Waals surface area contributed by atoms with E-state index in [1.54, 1.807) is 12.1 Å². The average Bonchev–Trinajstić information content (AvgIpc) is 2.46. The molecule has 0 saturated heterocycles. The van der Waals surface area contributed by atoms with Gasteiger partial charge in [-0.15, -0.1) is 0 Å². The molecule has 1 aromatic heterocycles. The van der Waals surface area contributed by atoms with Crippen molar-refractivity contribution < 1.29 is 9.94 Å². The number of amidine groups is 1. The van der Waals surface area contributed by atoms with E-state index in [1.165, 1.54) is 12.7 Å². The lowest BCUT2D eigenvalue weighted by atomic mass is 10.1. The normalized spacial score (nSPS) is 11.4. The number of nitrogens with zero attached hydrogens (tertiary/aromatic N) is 2. The summed E-state index contributed by atoms with van der Waals surface area (Å²) in [7, 11) is 1.50. The molecule has 5 heteroatoms. The molecule has 5 nitrogen and oxygen atoms in total. The van der Waals surface area contributed by atoms with Crippen LogP contribution in [0.25, 0.3) is 11.3 Å². The molecule has 2 rings (SSSR count). The molecule has 0 unspecified atom stereocenters. The Morgan fingerprint density at radius 3 is 2.47 bits per heavy atom. The van der Waals surface area contributed by atoms with E-state index in [9.17, 15) is 0 Å². The van der Waals surface area contributed by atoms with E-state index in [4.69, 9.17) is 15.7 Å². The molecule has 1 aromatic carbocycles. The Bertz CT molecular complexity index is 607. The van der Waals surface area contributed by atoms with Crippen LogP contribution in [-0.2, 0) is 0 Å². The van der Waals surface area contributed by atoms with Gasteiger partial charge in [0.25, 0.3) is 0 Å². The van der Waals surface area contributed by atoms with Crippen LogP contribution in [0.3, 0.4) is 0 Å². The lowest BCUT2D eigenvalue weighted by Gasteiger charge is -2.08. The monoisotopic (exact) mass is 257 g/mol. The number of aryl methyl sites for hydroxylation is 1. The van der Waals surface area contributed by atoms with E-state index >= 15 is 0 Å². The standard InChI is InChI=1S/C14H15N3O2/c1-9-3-5-10(6-4-9)12-8-7-11(13(15)17-18)14(16-12)19-2/h3-8,18H,1-2H3,(H2,15,17). The fraction of sp³-hybridized carbons (Fsp3) is 0.143.